The summed E-state index contributed by atoms with van der Waals surface area (Å²) in [6.45, 7) is 0. The van der Waals surface area contributed by atoms with Gasteiger partial charge in [0, 0.05) is 5.02 Å². The van der Waals surface area contributed by atoms with E-state index in [0.29, 0.717) is 28.8 Å². The Labute approximate surface area is 143 Å². The van der Waals surface area contributed by atoms with Gasteiger partial charge in [0.2, 0.25) is 5.89 Å². The molecule has 2 aromatic carbocycles. The number of rotatable bonds is 5. The molecule has 0 fully saturated rings. The van der Waals surface area contributed by atoms with Crippen molar-refractivity contribution in [2.24, 2.45) is 0 Å². The van der Waals surface area contributed by atoms with Gasteiger partial charge < -0.3 is 14.5 Å². The van der Waals surface area contributed by atoms with E-state index in [2.05, 4.69) is 15.5 Å². The lowest BCUT2D eigenvalue weighted by Crippen LogP contribution is -2.13. The molecule has 0 aliphatic rings. The van der Waals surface area contributed by atoms with Crippen molar-refractivity contribution in [2.45, 2.75) is 6.42 Å². The zero-order chi connectivity index (χ0) is 16.9. The molecule has 3 aromatic rings. The lowest BCUT2D eigenvalue weighted by Gasteiger charge is -2.08. The van der Waals surface area contributed by atoms with Crippen LogP contribution in [0.15, 0.2) is 52.9 Å². The molecule has 0 saturated heterocycles. The summed E-state index contributed by atoms with van der Waals surface area (Å²) in [6.07, 6.45) is 0.460. The van der Waals surface area contributed by atoms with Crippen molar-refractivity contribution in [3.8, 4) is 5.75 Å². The summed E-state index contributed by atoms with van der Waals surface area (Å²) in [5, 5.41) is 10.8. The molecule has 122 valence electrons. The molecular weight excluding hydrogens is 330 g/mol. The van der Waals surface area contributed by atoms with Crippen molar-refractivity contribution in [1.82, 2.24) is 10.2 Å². The second kappa shape index (κ2) is 7.14. The first-order valence-corrected chi connectivity index (χ1v) is 7.54. The molecule has 3 rings (SSSR count). The molecular formula is C17H14ClN3O3. The van der Waals surface area contributed by atoms with Gasteiger partial charge in [0.25, 0.3) is 0 Å². The number of methoxy groups -OCH3 is 1. The summed E-state index contributed by atoms with van der Waals surface area (Å²) >= 11 is 5.94. The van der Waals surface area contributed by atoms with Crippen LogP contribution in [0.3, 0.4) is 0 Å². The number of benzene rings is 2. The fourth-order valence-electron chi connectivity index (χ4n) is 2.14. The number of nitrogens with one attached hydrogen (secondary N) is 1. The summed E-state index contributed by atoms with van der Waals surface area (Å²) in [7, 11) is 1.50. The highest BCUT2D eigenvalue weighted by Crippen LogP contribution is 2.28. The van der Waals surface area contributed by atoms with Crippen LogP contribution in [0.1, 0.15) is 22.1 Å². The molecule has 24 heavy (non-hydrogen) atoms. The van der Waals surface area contributed by atoms with Crippen LogP contribution >= 0.6 is 11.6 Å². The van der Waals surface area contributed by atoms with Gasteiger partial charge in [0.05, 0.1) is 19.2 Å². The molecule has 0 unspecified atom stereocenters. The van der Waals surface area contributed by atoms with Gasteiger partial charge in [-0.2, -0.15) is 0 Å². The first-order chi connectivity index (χ1) is 11.7. The maximum Gasteiger partial charge on any atom is 0.313 e. The number of carbonyl (C=O) groups is 1. The Hall–Kier alpha value is -2.86. The van der Waals surface area contributed by atoms with Crippen molar-refractivity contribution in [3.05, 3.63) is 70.9 Å². The lowest BCUT2D eigenvalue weighted by atomic mass is 10.2. The molecule has 0 radical (unpaired) electrons. The van der Waals surface area contributed by atoms with E-state index in [1.807, 2.05) is 30.3 Å². The van der Waals surface area contributed by atoms with E-state index < -0.39 is 5.91 Å². The minimum atomic E-state index is -0.526. The van der Waals surface area contributed by atoms with Gasteiger partial charge in [0.15, 0.2) is 0 Å². The highest BCUT2D eigenvalue weighted by molar-refractivity contribution is 6.31. The van der Waals surface area contributed by atoms with Crippen LogP contribution in [0.2, 0.25) is 5.02 Å². The summed E-state index contributed by atoms with van der Waals surface area (Å²) in [5.74, 6) is 0.200. The molecule has 1 aromatic heterocycles. The van der Waals surface area contributed by atoms with E-state index in [9.17, 15) is 4.79 Å². The molecule has 7 heteroatoms. The Bertz CT molecular complexity index is 849. The number of ether oxygens (including phenoxy) is 1. The fraction of sp³-hybridized carbons (Fsp3) is 0.118. The van der Waals surface area contributed by atoms with Crippen molar-refractivity contribution in [1.29, 1.82) is 0 Å². The van der Waals surface area contributed by atoms with Crippen LogP contribution < -0.4 is 10.1 Å². The zero-order valence-electron chi connectivity index (χ0n) is 12.8. The molecule has 0 saturated carbocycles. The molecule has 0 aliphatic heterocycles. The summed E-state index contributed by atoms with van der Waals surface area (Å²) in [5.41, 5.74) is 1.45. The van der Waals surface area contributed by atoms with Gasteiger partial charge in [-0.05, 0) is 23.8 Å². The van der Waals surface area contributed by atoms with Gasteiger partial charge in [0.1, 0.15) is 5.75 Å². The van der Waals surface area contributed by atoms with Gasteiger partial charge in [-0.3, -0.25) is 4.79 Å². The van der Waals surface area contributed by atoms with E-state index in [-0.39, 0.29) is 5.89 Å². The normalized spacial score (nSPS) is 10.4. The Kier molecular flexibility index (Phi) is 4.77. The minimum Gasteiger partial charge on any atom is -0.495 e. The largest absolute Gasteiger partial charge is 0.495 e. The molecule has 1 N–H and O–H groups in total. The van der Waals surface area contributed by atoms with Gasteiger partial charge >= 0.3 is 11.8 Å². The van der Waals surface area contributed by atoms with E-state index in [1.165, 1.54) is 7.11 Å². The second-order valence-corrected chi connectivity index (χ2v) is 5.40. The SMILES string of the molecule is COc1ccc(Cl)cc1NC(=O)c1nnc(Cc2ccccc2)o1. The maximum atomic E-state index is 12.3. The number of carbonyl (C=O) groups excluding carboxylic acids is 1. The van der Waals surface area contributed by atoms with E-state index in [4.69, 9.17) is 20.8 Å². The monoisotopic (exact) mass is 343 g/mol. The summed E-state index contributed by atoms with van der Waals surface area (Å²) in [4.78, 5) is 12.3. The third-order valence-corrected chi connectivity index (χ3v) is 3.50. The highest BCUT2D eigenvalue weighted by atomic mass is 35.5. The number of halogens is 1. The van der Waals surface area contributed by atoms with Crippen LogP contribution in [0.5, 0.6) is 5.75 Å². The van der Waals surface area contributed by atoms with Crippen molar-refractivity contribution in [2.75, 3.05) is 12.4 Å². The smallest absolute Gasteiger partial charge is 0.313 e. The van der Waals surface area contributed by atoms with E-state index in [0.717, 1.165) is 5.56 Å². The first kappa shape index (κ1) is 16.0. The molecule has 1 heterocycles. The summed E-state index contributed by atoms with van der Waals surface area (Å²) in [6, 6.07) is 14.6. The van der Waals surface area contributed by atoms with E-state index >= 15 is 0 Å². The zero-order valence-corrected chi connectivity index (χ0v) is 13.6. The van der Waals surface area contributed by atoms with E-state index in [1.54, 1.807) is 18.2 Å². The van der Waals surface area contributed by atoms with Crippen molar-refractivity contribution < 1.29 is 13.9 Å². The third-order valence-electron chi connectivity index (χ3n) is 3.27. The average molecular weight is 344 g/mol. The third kappa shape index (κ3) is 3.72. The second-order valence-electron chi connectivity index (χ2n) is 4.96. The number of aromatic nitrogens is 2. The maximum absolute atomic E-state index is 12.3. The summed E-state index contributed by atoms with van der Waals surface area (Å²) < 4.78 is 10.6. The molecule has 6 nitrogen and oxygen atoms in total. The van der Waals surface area contributed by atoms with Crippen LogP contribution in [0.25, 0.3) is 0 Å². The van der Waals surface area contributed by atoms with Crippen LogP contribution in [-0.2, 0) is 6.42 Å². The fourth-order valence-corrected chi connectivity index (χ4v) is 2.31. The van der Waals surface area contributed by atoms with Gasteiger partial charge in [-0.15, -0.1) is 10.2 Å². The van der Waals surface area contributed by atoms with Crippen LogP contribution in [0, 0.1) is 0 Å². The standard InChI is InChI=1S/C17H14ClN3O3/c1-23-14-8-7-12(18)10-13(14)19-16(22)17-21-20-15(24-17)9-11-5-3-2-4-6-11/h2-8,10H,9H2,1H3,(H,19,22). The van der Waals surface area contributed by atoms with Gasteiger partial charge in [-0.1, -0.05) is 41.9 Å². The highest BCUT2D eigenvalue weighted by Gasteiger charge is 2.17. The number of hydrogen-bond acceptors (Lipinski definition) is 5. The van der Waals surface area contributed by atoms with Crippen molar-refractivity contribution >= 4 is 23.2 Å². The number of anilines is 1. The Morgan fingerprint density at radius 3 is 2.75 bits per heavy atom. The van der Waals surface area contributed by atoms with Crippen molar-refractivity contribution in [3.63, 3.8) is 0 Å². The van der Waals surface area contributed by atoms with Gasteiger partial charge in [-0.25, -0.2) is 0 Å². The molecule has 0 spiro atoms. The molecule has 0 bridgehead atoms. The minimum absolute atomic E-state index is 0.122. The van der Waals surface area contributed by atoms with Crippen LogP contribution in [-0.4, -0.2) is 23.2 Å². The topological polar surface area (TPSA) is 77.2 Å². The predicted molar refractivity (Wildman–Crippen MR) is 89.5 cm³/mol. The Balaban J connectivity index is 1.73. The molecule has 1 amide bonds. The quantitative estimate of drug-likeness (QED) is 0.766. The molecule has 0 atom stereocenters. The number of hydrogen-bond donors (Lipinski definition) is 1. The number of amides is 1. The molecule has 0 aliphatic carbocycles. The number of nitrogens with zero attached hydrogens (tertiary/aromatic N) is 2. The average Bonchev–Trinajstić information content (AvgIpc) is 3.05. The lowest BCUT2D eigenvalue weighted by molar-refractivity contribution is 0.0988. The first-order valence-electron chi connectivity index (χ1n) is 7.17. The Morgan fingerprint density at radius 1 is 1.21 bits per heavy atom. The predicted octanol–water partition coefficient (Wildman–Crippen LogP) is 3.57. The Morgan fingerprint density at radius 2 is 2.00 bits per heavy atom. The van der Waals surface area contributed by atoms with Crippen LogP contribution in [0.4, 0.5) is 5.69 Å².